The molecule has 0 aliphatic carbocycles. The number of hydrogen-bond acceptors (Lipinski definition) is 3. The van der Waals surface area contributed by atoms with E-state index >= 15 is 0 Å². The summed E-state index contributed by atoms with van der Waals surface area (Å²) in [5.74, 6) is -1.76. The van der Waals surface area contributed by atoms with Gasteiger partial charge in [0.2, 0.25) is 0 Å². The Kier molecular flexibility index (Phi) is 19.3. The Hall–Kier alpha value is 0.900. The molecule has 66 valence electrons. The van der Waals surface area contributed by atoms with Crippen LogP contribution in [0.3, 0.4) is 0 Å². The molecule has 7 heteroatoms. The topological polar surface area (TPSA) is 86.6 Å². The number of carboxylic acids is 2. The minimum Gasteiger partial charge on any atom is -0.481 e. The maximum absolute atomic E-state index is 9.94. The predicted octanol–water partition coefficient (Wildman–Crippen LogP) is -1.24. The molecule has 0 atom stereocenters. The molecule has 0 heterocycles. The standard InChI is InChI=1S/C6H11NO4.2Na/c8-5(9)1-3-7-4-2-6(10)11;;/h7H,1-4H2,(H,8,9)(H,10,11);;. The third-order valence-corrected chi connectivity index (χ3v) is 1.03. The second-order valence-electron chi connectivity index (χ2n) is 2.04. The van der Waals surface area contributed by atoms with Gasteiger partial charge >= 0.3 is 11.9 Å². The van der Waals surface area contributed by atoms with Gasteiger partial charge in [0.15, 0.2) is 0 Å². The zero-order valence-electron chi connectivity index (χ0n) is 8.04. The fourth-order valence-corrected chi connectivity index (χ4v) is 0.516. The van der Waals surface area contributed by atoms with Gasteiger partial charge in [0.1, 0.15) is 0 Å². The van der Waals surface area contributed by atoms with Gasteiger partial charge in [-0.2, -0.15) is 0 Å². The van der Waals surface area contributed by atoms with E-state index in [1.807, 2.05) is 0 Å². The summed E-state index contributed by atoms with van der Waals surface area (Å²) in [7, 11) is 0. The van der Waals surface area contributed by atoms with Gasteiger partial charge < -0.3 is 15.5 Å². The van der Waals surface area contributed by atoms with E-state index in [-0.39, 0.29) is 72.0 Å². The van der Waals surface area contributed by atoms with Crippen LogP contribution in [0.2, 0.25) is 0 Å². The van der Waals surface area contributed by atoms with Gasteiger partial charge in [0.25, 0.3) is 0 Å². The Morgan fingerprint density at radius 3 is 1.46 bits per heavy atom. The fraction of sp³-hybridized carbons (Fsp3) is 0.667. The van der Waals surface area contributed by atoms with E-state index < -0.39 is 11.9 Å². The van der Waals surface area contributed by atoms with Gasteiger partial charge in [-0.15, -0.1) is 0 Å². The molecule has 0 aliphatic rings. The third-order valence-electron chi connectivity index (χ3n) is 1.03. The van der Waals surface area contributed by atoms with Gasteiger partial charge in [-0.25, -0.2) is 0 Å². The van der Waals surface area contributed by atoms with Gasteiger partial charge in [-0.1, -0.05) is 0 Å². The number of carbonyl (C=O) groups is 2. The molecule has 0 bridgehead atoms. The summed E-state index contributed by atoms with van der Waals surface area (Å²) in [6.07, 6.45) is 0.0548. The average molecular weight is 207 g/mol. The first-order valence-electron chi connectivity index (χ1n) is 3.27. The molecule has 0 aromatic rings. The summed E-state index contributed by atoms with van der Waals surface area (Å²) >= 11 is 0. The summed E-state index contributed by atoms with van der Waals surface area (Å²) < 4.78 is 0. The van der Waals surface area contributed by atoms with Crippen LogP contribution in [0.1, 0.15) is 12.8 Å². The Morgan fingerprint density at radius 2 is 1.23 bits per heavy atom. The monoisotopic (exact) mass is 207 g/mol. The molecule has 0 saturated carbocycles. The summed E-state index contributed by atoms with van der Waals surface area (Å²) in [5, 5.41) is 19.0. The number of aliphatic carboxylic acids is 2. The molecule has 0 spiro atoms. The van der Waals surface area contributed by atoms with Crippen molar-refractivity contribution in [3.8, 4) is 0 Å². The van der Waals surface area contributed by atoms with E-state index in [1.54, 1.807) is 0 Å². The molecular weight excluding hydrogens is 196 g/mol. The van der Waals surface area contributed by atoms with Gasteiger partial charge in [-0.05, 0) is 0 Å². The molecule has 5 nitrogen and oxygen atoms in total. The first kappa shape index (κ1) is 19.5. The zero-order valence-corrected chi connectivity index (χ0v) is 12.0. The molecular formula is C6H11NNa2O4. The van der Waals surface area contributed by atoms with E-state index in [4.69, 9.17) is 10.2 Å². The van der Waals surface area contributed by atoms with Gasteiger partial charge in [-0.3, -0.25) is 9.59 Å². The van der Waals surface area contributed by atoms with Crippen LogP contribution < -0.4 is 5.32 Å². The Bertz CT molecular complexity index is 138. The van der Waals surface area contributed by atoms with Crippen LogP contribution in [0.5, 0.6) is 0 Å². The van der Waals surface area contributed by atoms with Crippen LogP contribution in [-0.4, -0.2) is 94.4 Å². The van der Waals surface area contributed by atoms with E-state index in [0.29, 0.717) is 13.1 Å². The van der Waals surface area contributed by atoms with Crippen molar-refractivity contribution in [3.63, 3.8) is 0 Å². The first-order chi connectivity index (χ1) is 5.13. The molecule has 0 amide bonds. The maximum atomic E-state index is 9.94. The van der Waals surface area contributed by atoms with Crippen LogP contribution in [0.15, 0.2) is 0 Å². The SMILES string of the molecule is O=C(O)CCNCCC(=O)O.[Na].[Na]. The molecule has 0 saturated heterocycles. The number of hydrogen-bond donors (Lipinski definition) is 3. The molecule has 0 fully saturated rings. The van der Waals surface area contributed by atoms with Gasteiger partial charge in [0, 0.05) is 72.2 Å². The van der Waals surface area contributed by atoms with Crippen LogP contribution in [0.25, 0.3) is 0 Å². The minimum atomic E-state index is -0.882. The Labute approximate surface area is 121 Å². The number of nitrogens with one attached hydrogen (secondary N) is 1. The summed E-state index contributed by atoms with van der Waals surface area (Å²) in [5.41, 5.74) is 0. The Morgan fingerprint density at radius 1 is 0.923 bits per heavy atom. The van der Waals surface area contributed by atoms with Crippen LogP contribution in [0.4, 0.5) is 0 Å². The number of carboxylic acid groups (broad SMARTS) is 2. The third kappa shape index (κ3) is 19.3. The molecule has 0 aliphatic heterocycles. The molecule has 0 rings (SSSR count). The van der Waals surface area contributed by atoms with Crippen molar-refractivity contribution in [1.82, 2.24) is 5.32 Å². The second kappa shape index (κ2) is 12.9. The summed E-state index contributed by atoms with van der Waals surface area (Å²) in [6.45, 7) is 0.644. The van der Waals surface area contributed by atoms with Crippen molar-refractivity contribution < 1.29 is 19.8 Å². The first-order valence-corrected chi connectivity index (χ1v) is 3.27. The van der Waals surface area contributed by atoms with Crippen molar-refractivity contribution in [2.75, 3.05) is 13.1 Å². The van der Waals surface area contributed by atoms with E-state index in [2.05, 4.69) is 5.32 Å². The van der Waals surface area contributed by atoms with Crippen molar-refractivity contribution in [2.24, 2.45) is 0 Å². The molecule has 0 unspecified atom stereocenters. The second-order valence-corrected chi connectivity index (χ2v) is 2.04. The summed E-state index contributed by atoms with van der Waals surface area (Å²) in [6, 6.07) is 0. The van der Waals surface area contributed by atoms with Crippen molar-refractivity contribution in [2.45, 2.75) is 12.8 Å². The maximum Gasteiger partial charge on any atom is 0.304 e. The van der Waals surface area contributed by atoms with E-state index in [1.165, 1.54) is 0 Å². The largest absolute Gasteiger partial charge is 0.481 e. The average Bonchev–Trinajstić information content (AvgIpc) is 1.85. The van der Waals surface area contributed by atoms with E-state index in [0.717, 1.165) is 0 Å². The van der Waals surface area contributed by atoms with Crippen molar-refractivity contribution in [3.05, 3.63) is 0 Å². The molecule has 13 heavy (non-hydrogen) atoms. The quantitative estimate of drug-likeness (QED) is 0.375. The normalized spacial score (nSPS) is 8.00. The smallest absolute Gasteiger partial charge is 0.304 e. The minimum absolute atomic E-state index is 0. The summed E-state index contributed by atoms with van der Waals surface area (Å²) in [4.78, 5) is 19.9. The predicted molar refractivity (Wildman–Crippen MR) is 48.9 cm³/mol. The molecule has 2 radical (unpaired) electrons. The van der Waals surface area contributed by atoms with Crippen molar-refractivity contribution >= 4 is 71.1 Å². The Balaban J connectivity index is -0.000000500. The molecule has 0 aromatic heterocycles. The van der Waals surface area contributed by atoms with E-state index in [9.17, 15) is 9.59 Å². The molecule has 3 N–H and O–H groups in total. The van der Waals surface area contributed by atoms with Crippen LogP contribution in [0, 0.1) is 0 Å². The van der Waals surface area contributed by atoms with Gasteiger partial charge in [0.05, 0.1) is 12.8 Å². The zero-order chi connectivity index (χ0) is 8.69. The number of rotatable bonds is 6. The van der Waals surface area contributed by atoms with Crippen molar-refractivity contribution in [1.29, 1.82) is 0 Å². The van der Waals surface area contributed by atoms with Crippen LogP contribution in [-0.2, 0) is 9.59 Å². The molecule has 0 aromatic carbocycles. The fourth-order valence-electron chi connectivity index (χ4n) is 0.516. The van der Waals surface area contributed by atoms with Crippen LogP contribution >= 0.6 is 0 Å².